The maximum Gasteiger partial charge on any atom is 0.333 e. The number of rotatable bonds is 14. The summed E-state index contributed by atoms with van der Waals surface area (Å²) in [7, 11) is 0. The van der Waals surface area contributed by atoms with Crippen molar-refractivity contribution in [3.63, 3.8) is 0 Å². The van der Waals surface area contributed by atoms with Crippen LogP contribution in [0.5, 0.6) is 5.75 Å². The van der Waals surface area contributed by atoms with Gasteiger partial charge in [-0.2, -0.15) is 0 Å². The predicted molar refractivity (Wildman–Crippen MR) is 125 cm³/mol. The summed E-state index contributed by atoms with van der Waals surface area (Å²) in [6, 6.07) is 9.82. The van der Waals surface area contributed by atoms with E-state index in [2.05, 4.69) is 12.2 Å². The molecule has 0 bridgehead atoms. The minimum absolute atomic E-state index is 0.174. The number of carboxylic acid groups (broad SMARTS) is 1. The monoisotopic (exact) mass is 478 g/mol. The van der Waals surface area contributed by atoms with Crippen LogP contribution in [-0.2, 0) is 16.0 Å². The molecule has 2 N–H and O–H groups in total. The highest BCUT2D eigenvalue weighted by Crippen LogP contribution is 2.16. The van der Waals surface area contributed by atoms with Crippen molar-refractivity contribution in [3.8, 4) is 5.75 Å². The average molecular weight is 479 g/mol. The Kier molecular flexibility index (Phi) is 11.3. The van der Waals surface area contributed by atoms with E-state index in [0.717, 1.165) is 37.0 Å². The zero-order chi connectivity index (χ0) is 24.9. The van der Waals surface area contributed by atoms with Gasteiger partial charge in [0.1, 0.15) is 12.4 Å². The van der Waals surface area contributed by atoms with Crippen LogP contribution in [0.2, 0.25) is 0 Å². The van der Waals surface area contributed by atoms with Crippen LogP contribution in [0.3, 0.4) is 0 Å². The summed E-state index contributed by atoms with van der Waals surface area (Å²) in [5.41, 5.74) is 0.980. The average Bonchev–Trinajstić information content (AvgIpc) is 2.81. The highest BCUT2D eigenvalue weighted by atomic mass is 19.2. The van der Waals surface area contributed by atoms with Crippen LogP contribution in [-0.4, -0.2) is 54.4 Å². The Bertz CT molecular complexity index is 924. The molecule has 0 aromatic heterocycles. The van der Waals surface area contributed by atoms with Gasteiger partial charge in [-0.1, -0.05) is 31.9 Å². The van der Waals surface area contributed by atoms with Crippen LogP contribution in [0.1, 0.15) is 38.7 Å². The number of carbonyl (C=O) groups excluding carboxylic acids is 1. The number of halogens is 2. The first-order valence-electron chi connectivity index (χ1n) is 11.4. The molecule has 0 fully saturated rings. The fourth-order valence-electron chi connectivity index (χ4n) is 3.27. The lowest BCUT2D eigenvalue weighted by Gasteiger charge is -2.23. The van der Waals surface area contributed by atoms with E-state index in [0.29, 0.717) is 25.4 Å². The maximum atomic E-state index is 13.4. The number of ether oxygens (including phenoxy) is 2. The number of hydrogen-bond acceptors (Lipinski definition) is 4. The molecule has 2 rings (SSSR count). The third-order valence-electron chi connectivity index (χ3n) is 5.11. The number of hydrogen-bond donors (Lipinski definition) is 2. The molecular formula is C25H32F2N2O5. The molecule has 0 aliphatic carbocycles. The van der Waals surface area contributed by atoms with Crippen molar-refractivity contribution < 1.29 is 33.0 Å². The molecule has 2 amide bonds. The molecule has 2 aromatic rings. The molecule has 186 valence electrons. The van der Waals surface area contributed by atoms with Crippen LogP contribution >= 0.6 is 0 Å². The van der Waals surface area contributed by atoms with Crippen molar-refractivity contribution in [1.29, 1.82) is 0 Å². The summed E-state index contributed by atoms with van der Waals surface area (Å²) in [6.07, 6.45) is 2.10. The normalized spacial score (nSPS) is 11.6. The number of nitrogens with one attached hydrogen (secondary N) is 1. The van der Waals surface area contributed by atoms with E-state index in [1.165, 1.54) is 6.07 Å². The van der Waals surface area contributed by atoms with Gasteiger partial charge in [-0.05, 0) is 43.2 Å². The smallest absolute Gasteiger partial charge is 0.333 e. The van der Waals surface area contributed by atoms with Gasteiger partial charge in [0.05, 0.1) is 6.54 Å². The van der Waals surface area contributed by atoms with E-state index >= 15 is 0 Å². The van der Waals surface area contributed by atoms with Crippen LogP contribution < -0.4 is 10.1 Å². The van der Waals surface area contributed by atoms with E-state index in [1.54, 1.807) is 36.1 Å². The Labute approximate surface area is 198 Å². The highest BCUT2D eigenvalue weighted by Gasteiger charge is 2.18. The molecule has 0 saturated carbocycles. The lowest BCUT2D eigenvalue weighted by molar-refractivity contribution is -0.149. The zero-order valence-corrected chi connectivity index (χ0v) is 19.6. The second-order valence-corrected chi connectivity index (χ2v) is 7.73. The number of carbonyl (C=O) groups is 2. The Morgan fingerprint density at radius 1 is 1.03 bits per heavy atom. The van der Waals surface area contributed by atoms with Gasteiger partial charge in [-0.15, -0.1) is 0 Å². The van der Waals surface area contributed by atoms with E-state index in [9.17, 15) is 23.5 Å². The number of benzene rings is 2. The molecule has 0 heterocycles. The first-order valence-corrected chi connectivity index (χ1v) is 11.4. The van der Waals surface area contributed by atoms with Crippen LogP contribution in [0.15, 0.2) is 42.5 Å². The van der Waals surface area contributed by atoms with Gasteiger partial charge < -0.3 is 24.8 Å². The molecule has 1 atom stereocenters. The minimum Gasteiger partial charge on any atom is -0.492 e. The molecule has 0 aliphatic rings. The number of amides is 2. The number of aliphatic carboxylic acids is 1. The molecule has 34 heavy (non-hydrogen) atoms. The SMILES string of the molecule is CCCCCN(CCOc1ccc(CC(OCC)C(=O)O)cc1)C(=O)Nc1ccc(F)c(F)c1. The predicted octanol–water partition coefficient (Wildman–Crippen LogP) is 5.10. The second-order valence-electron chi connectivity index (χ2n) is 7.73. The fourth-order valence-corrected chi connectivity index (χ4v) is 3.27. The van der Waals surface area contributed by atoms with Gasteiger partial charge in [-0.3, -0.25) is 0 Å². The van der Waals surface area contributed by atoms with Gasteiger partial charge in [0.2, 0.25) is 0 Å². The Balaban J connectivity index is 1.91. The number of nitrogens with zero attached hydrogens (tertiary/aromatic N) is 1. The van der Waals surface area contributed by atoms with Gasteiger partial charge >= 0.3 is 12.0 Å². The number of carboxylic acids is 1. The lowest BCUT2D eigenvalue weighted by atomic mass is 10.1. The molecule has 0 saturated heterocycles. The lowest BCUT2D eigenvalue weighted by Crippen LogP contribution is -2.38. The molecule has 1 unspecified atom stereocenters. The Morgan fingerprint density at radius 2 is 1.76 bits per heavy atom. The first-order chi connectivity index (χ1) is 16.3. The Hall–Kier alpha value is -3.20. The van der Waals surface area contributed by atoms with E-state index in [-0.39, 0.29) is 18.7 Å². The quantitative estimate of drug-likeness (QED) is 0.369. The molecule has 0 spiro atoms. The van der Waals surface area contributed by atoms with Crippen molar-refractivity contribution in [3.05, 3.63) is 59.7 Å². The third-order valence-corrected chi connectivity index (χ3v) is 5.11. The van der Waals surface area contributed by atoms with Crippen molar-refractivity contribution in [2.45, 2.75) is 45.6 Å². The standard InChI is InChI=1S/C25H32F2N2O5/c1-3-5-6-13-29(25(32)28-19-9-12-21(26)22(27)17-19)14-15-34-20-10-7-18(8-11-20)16-23(24(30)31)33-4-2/h7-12,17,23H,3-6,13-16H2,1-2H3,(H,28,32)(H,30,31). The molecule has 9 heteroatoms. The Morgan fingerprint density at radius 3 is 2.38 bits per heavy atom. The number of unbranched alkanes of at least 4 members (excludes halogenated alkanes) is 2. The van der Waals surface area contributed by atoms with Crippen molar-refractivity contribution >= 4 is 17.7 Å². The zero-order valence-electron chi connectivity index (χ0n) is 19.6. The summed E-state index contributed by atoms with van der Waals surface area (Å²) in [5, 5.41) is 11.8. The first kappa shape index (κ1) is 27.0. The van der Waals surface area contributed by atoms with Crippen molar-refractivity contribution in [2.24, 2.45) is 0 Å². The van der Waals surface area contributed by atoms with Crippen LogP contribution in [0.4, 0.5) is 19.3 Å². The maximum absolute atomic E-state index is 13.4. The highest BCUT2D eigenvalue weighted by molar-refractivity contribution is 5.89. The summed E-state index contributed by atoms with van der Waals surface area (Å²) in [4.78, 5) is 25.5. The topological polar surface area (TPSA) is 88.1 Å². The largest absolute Gasteiger partial charge is 0.492 e. The number of urea groups is 1. The molecular weight excluding hydrogens is 446 g/mol. The van der Waals surface area contributed by atoms with Gasteiger partial charge in [0.15, 0.2) is 17.7 Å². The molecule has 2 aromatic carbocycles. The summed E-state index contributed by atoms with van der Waals surface area (Å²) in [5.74, 6) is -2.43. The third kappa shape index (κ3) is 8.97. The van der Waals surface area contributed by atoms with Crippen LogP contribution in [0.25, 0.3) is 0 Å². The van der Waals surface area contributed by atoms with Crippen LogP contribution in [0, 0.1) is 11.6 Å². The summed E-state index contributed by atoms with van der Waals surface area (Å²) in [6.45, 7) is 5.15. The van der Waals surface area contributed by atoms with Crippen molar-refractivity contribution in [2.75, 3.05) is 31.6 Å². The second kappa shape index (κ2) is 14.1. The van der Waals surface area contributed by atoms with E-state index < -0.39 is 29.7 Å². The minimum atomic E-state index is -1.03. The van der Waals surface area contributed by atoms with Gasteiger partial charge in [-0.25, -0.2) is 18.4 Å². The van der Waals surface area contributed by atoms with E-state index in [1.807, 2.05) is 0 Å². The number of anilines is 1. The fraction of sp³-hybridized carbons (Fsp3) is 0.440. The summed E-state index contributed by atoms with van der Waals surface area (Å²) >= 11 is 0. The van der Waals surface area contributed by atoms with Gasteiger partial charge in [0.25, 0.3) is 0 Å². The van der Waals surface area contributed by atoms with Gasteiger partial charge in [0, 0.05) is 31.3 Å². The van der Waals surface area contributed by atoms with Crippen molar-refractivity contribution in [1.82, 2.24) is 4.90 Å². The molecule has 7 nitrogen and oxygen atoms in total. The molecule has 0 aliphatic heterocycles. The summed E-state index contributed by atoms with van der Waals surface area (Å²) < 4.78 is 37.6. The molecule has 0 radical (unpaired) electrons. The van der Waals surface area contributed by atoms with E-state index in [4.69, 9.17) is 9.47 Å².